The molecule has 0 nitrogen and oxygen atoms in total. The van der Waals surface area contributed by atoms with Crippen LogP contribution in [0.15, 0.2) is 0 Å². The standard InChI is InChI=1S/C11H14Br2/c12-11(13)9-6-3-1-5-2-4-7(8(5)6)10(9)11/h5-10H,1-4H2/t5?,6-,7+,8?,9-,10+. The number of fused-ring (bicyclic) bond motifs is 3. The monoisotopic (exact) mass is 304 g/mol. The summed E-state index contributed by atoms with van der Waals surface area (Å²) in [6.45, 7) is 0. The fourth-order valence-corrected chi connectivity index (χ4v) is 7.29. The molecule has 0 bridgehead atoms. The van der Waals surface area contributed by atoms with E-state index in [1.807, 2.05) is 0 Å². The highest BCUT2D eigenvalue weighted by atomic mass is 79.9. The Hall–Kier alpha value is 0.960. The molecule has 0 aliphatic heterocycles. The molecule has 0 spiro atoms. The zero-order chi connectivity index (χ0) is 8.79. The Labute approximate surface area is 96.1 Å². The Kier molecular flexibility index (Phi) is 1.39. The maximum absolute atomic E-state index is 3.88. The highest BCUT2D eigenvalue weighted by Gasteiger charge is 2.76. The fourth-order valence-electron chi connectivity index (χ4n) is 5.06. The van der Waals surface area contributed by atoms with Gasteiger partial charge in [0.2, 0.25) is 0 Å². The topological polar surface area (TPSA) is 0 Å². The second-order valence-electron chi connectivity index (χ2n) is 5.55. The second kappa shape index (κ2) is 2.21. The molecule has 4 aliphatic carbocycles. The zero-order valence-electron chi connectivity index (χ0n) is 7.55. The SMILES string of the molecule is BrC1(Br)[C@@H]2[C@H]1[C@@H]1CCC3CC[C@H]2C31. The summed E-state index contributed by atoms with van der Waals surface area (Å²) in [6.07, 6.45) is 6.16. The number of halogens is 2. The Morgan fingerprint density at radius 1 is 0.846 bits per heavy atom. The van der Waals surface area contributed by atoms with Crippen LogP contribution in [-0.2, 0) is 0 Å². The van der Waals surface area contributed by atoms with Crippen molar-refractivity contribution in [3.63, 3.8) is 0 Å². The molecule has 4 aliphatic rings. The number of hydrogen-bond acceptors (Lipinski definition) is 0. The largest absolute Gasteiger partial charge is 0.0874 e. The van der Waals surface area contributed by atoms with Crippen molar-refractivity contribution in [1.29, 1.82) is 0 Å². The van der Waals surface area contributed by atoms with E-state index >= 15 is 0 Å². The van der Waals surface area contributed by atoms with Gasteiger partial charge in [-0.3, -0.25) is 0 Å². The lowest BCUT2D eigenvalue weighted by Crippen LogP contribution is -2.19. The molecule has 0 N–H and O–H groups in total. The first-order valence-electron chi connectivity index (χ1n) is 5.59. The molecule has 0 amide bonds. The van der Waals surface area contributed by atoms with E-state index in [0.717, 1.165) is 35.5 Å². The van der Waals surface area contributed by atoms with Crippen molar-refractivity contribution in [3.05, 3.63) is 0 Å². The van der Waals surface area contributed by atoms with Gasteiger partial charge in [0.25, 0.3) is 0 Å². The molecule has 2 heteroatoms. The Bertz CT molecular complexity index is 249. The Morgan fingerprint density at radius 3 is 1.92 bits per heavy atom. The second-order valence-corrected chi connectivity index (χ2v) is 9.23. The lowest BCUT2D eigenvalue weighted by Gasteiger charge is -2.22. The first-order chi connectivity index (χ1) is 6.21. The van der Waals surface area contributed by atoms with Gasteiger partial charge in [-0.15, -0.1) is 0 Å². The van der Waals surface area contributed by atoms with Crippen LogP contribution in [0.25, 0.3) is 0 Å². The molecule has 13 heavy (non-hydrogen) atoms. The van der Waals surface area contributed by atoms with Crippen LogP contribution in [0.5, 0.6) is 0 Å². The summed E-state index contributed by atoms with van der Waals surface area (Å²) >= 11 is 7.76. The summed E-state index contributed by atoms with van der Waals surface area (Å²) in [7, 11) is 0. The molecule has 0 aromatic rings. The molecule has 4 rings (SSSR count). The summed E-state index contributed by atoms with van der Waals surface area (Å²) in [5, 5.41) is 0. The summed E-state index contributed by atoms with van der Waals surface area (Å²) in [5.74, 6) is 6.44. The van der Waals surface area contributed by atoms with Gasteiger partial charge in [-0.05, 0) is 61.2 Å². The lowest BCUT2D eigenvalue weighted by molar-refractivity contribution is 0.303. The van der Waals surface area contributed by atoms with Crippen LogP contribution in [0.4, 0.5) is 0 Å². The van der Waals surface area contributed by atoms with E-state index in [2.05, 4.69) is 31.9 Å². The Morgan fingerprint density at radius 2 is 1.38 bits per heavy atom. The van der Waals surface area contributed by atoms with E-state index in [0.29, 0.717) is 3.23 Å². The van der Waals surface area contributed by atoms with Crippen molar-refractivity contribution in [2.75, 3.05) is 0 Å². The van der Waals surface area contributed by atoms with E-state index in [4.69, 9.17) is 0 Å². The van der Waals surface area contributed by atoms with Gasteiger partial charge in [-0.1, -0.05) is 31.9 Å². The molecule has 6 atom stereocenters. The van der Waals surface area contributed by atoms with Crippen molar-refractivity contribution >= 4 is 31.9 Å². The molecule has 0 aromatic heterocycles. The number of alkyl halides is 2. The summed E-state index contributed by atoms with van der Waals surface area (Å²) in [4.78, 5) is 0. The average Bonchev–Trinajstić information content (AvgIpc) is 2.56. The molecule has 4 fully saturated rings. The molecule has 72 valence electrons. The Balaban J connectivity index is 1.77. The first-order valence-corrected chi connectivity index (χ1v) is 7.17. The highest BCUT2D eigenvalue weighted by Crippen LogP contribution is 2.80. The quantitative estimate of drug-likeness (QED) is 0.597. The molecule has 0 radical (unpaired) electrons. The van der Waals surface area contributed by atoms with Crippen molar-refractivity contribution in [2.24, 2.45) is 35.5 Å². The van der Waals surface area contributed by atoms with Crippen LogP contribution in [0.1, 0.15) is 25.7 Å². The van der Waals surface area contributed by atoms with Gasteiger partial charge in [-0.25, -0.2) is 0 Å². The summed E-state index contributed by atoms with van der Waals surface area (Å²) in [5.41, 5.74) is 0. The van der Waals surface area contributed by atoms with E-state index in [1.165, 1.54) is 12.8 Å². The predicted molar refractivity (Wildman–Crippen MR) is 60.0 cm³/mol. The van der Waals surface area contributed by atoms with Gasteiger partial charge in [0.05, 0.1) is 3.23 Å². The van der Waals surface area contributed by atoms with Gasteiger partial charge >= 0.3 is 0 Å². The third kappa shape index (κ3) is 0.770. The third-order valence-corrected chi connectivity index (χ3v) is 7.48. The van der Waals surface area contributed by atoms with Gasteiger partial charge < -0.3 is 0 Å². The molecule has 0 heterocycles. The fraction of sp³-hybridized carbons (Fsp3) is 1.00. The molecule has 2 unspecified atom stereocenters. The van der Waals surface area contributed by atoms with Crippen molar-refractivity contribution < 1.29 is 0 Å². The van der Waals surface area contributed by atoms with E-state index in [1.54, 1.807) is 12.8 Å². The van der Waals surface area contributed by atoms with E-state index in [9.17, 15) is 0 Å². The minimum atomic E-state index is 0.380. The maximum atomic E-state index is 3.88. The number of hydrogen-bond donors (Lipinski definition) is 0. The van der Waals surface area contributed by atoms with E-state index < -0.39 is 0 Å². The normalized spacial score (nSPS) is 65.1. The van der Waals surface area contributed by atoms with Gasteiger partial charge in [0, 0.05) is 0 Å². The average molecular weight is 306 g/mol. The molecular weight excluding hydrogens is 292 g/mol. The summed E-state index contributed by atoms with van der Waals surface area (Å²) in [6, 6.07) is 0. The maximum Gasteiger partial charge on any atom is 0.0874 e. The van der Waals surface area contributed by atoms with Gasteiger partial charge in [0.15, 0.2) is 0 Å². The van der Waals surface area contributed by atoms with Crippen LogP contribution < -0.4 is 0 Å². The smallest absolute Gasteiger partial charge is 0.0721 e. The molecule has 0 aromatic carbocycles. The van der Waals surface area contributed by atoms with Crippen LogP contribution in [0.2, 0.25) is 0 Å². The van der Waals surface area contributed by atoms with Gasteiger partial charge in [-0.2, -0.15) is 0 Å². The van der Waals surface area contributed by atoms with E-state index in [-0.39, 0.29) is 0 Å². The predicted octanol–water partition coefficient (Wildman–Crippen LogP) is 3.78. The third-order valence-electron chi connectivity index (χ3n) is 5.36. The molecule has 4 saturated carbocycles. The van der Waals surface area contributed by atoms with Crippen LogP contribution >= 0.6 is 31.9 Å². The molecule has 0 saturated heterocycles. The van der Waals surface area contributed by atoms with Crippen molar-refractivity contribution in [1.82, 2.24) is 0 Å². The lowest BCUT2D eigenvalue weighted by atomic mass is 9.87. The number of rotatable bonds is 0. The highest BCUT2D eigenvalue weighted by molar-refractivity contribution is 9.25. The van der Waals surface area contributed by atoms with Crippen LogP contribution in [0, 0.1) is 35.5 Å². The van der Waals surface area contributed by atoms with Crippen molar-refractivity contribution in [3.8, 4) is 0 Å². The molecular formula is C11H14Br2. The first kappa shape index (κ1) is 8.15. The van der Waals surface area contributed by atoms with Crippen molar-refractivity contribution in [2.45, 2.75) is 28.9 Å². The zero-order valence-corrected chi connectivity index (χ0v) is 10.7. The minimum absolute atomic E-state index is 0.380. The van der Waals surface area contributed by atoms with Crippen LogP contribution in [0.3, 0.4) is 0 Å². The minimum Gasteiger partial charge on any atom is -0.0721 e. The van der Waals surface area contributed by atoms with Crippen LogP contribution in [-0.4, -0.2) is 3.23 Å². The summed E-state index contributed by atoms with van der Waals surface area (Å²) < 4.78 is 0.380. The van der Waals surface area contributed by atoms with Gasteiger partial charge in [0.1, 0.15) is 0 Å².